The van der Waals surface area contributed by atoms with E-state index in [9.17, 15) is 4.79 Å². The van der Waals surface area contributed by atoms with Crippen molar-refractivity contribution < 1.29 is 14.3 Å². The third-order valence-corrected chi connectivity index (χ3v) is 4.16. The standard InChI is InChI=1S/C20H17N3O3/c24-20(17-9-12-25-18-4-2-1-3-16(17)18)23-14-5-7-15(8-6-14)26-19-13-21-10-11-22-19/h1-8,10-11,13,17H,9,12H2,(H,23,24). The number of anilines is 1. The fraction of sp³-hybridized carbons (Fsp3) is 0.150. The van der Waals surface area contributed by atoms with Crippen LogP contribution in [0.5, 0.6) is 17.4 Å². The van der Waals surface area contributed by atoms with Gasteiger partial charge in [0.15, 0.2) is 0 Å². The van der Waals surface area contributed by atoms with Crippen molar-refractivity contribution in [3.63, 3.8) is 0 Å². The second-order valence-corrected chi connectivity index (χ2v) is 5.89. The number of fused-ring (bicyclic) bond motifs is 1. The Morgan fingerprint density at radius 3 is 2.77 bits per heavy atom. The molecular formula is C20H17N3O3. The van der Waals surface area contributed by atoms with Crippen LogP contribution in [0.2, 0.25) is 0 Å². The largest absolute Gasteiger partial charge is 0.493 e. The van der Waals surface area contributed by atoms with Gasteiger partial charge in [0.2, 0.25) is 11.8 Å². The Bertz CT molecular complexity index is 898. The molecule has 3 aromatic rings. The Balaban J connectivity index is 1.44. The number of nitrogens with zero attached hydrogens (tertiary/aromatic N) is 2. The van der Waals surface area contributed by atoms with Gasteiger partial charge in [0.05, 0.1) is 18.7 Å². The fourth-order valence-electron chi connectivity index (χ4n) is 2.91. The van der Waals surface area contributed by atoms with Gasteiger partial charge in [-0.25, -0.2) is 4.98 Å². The van der Waals surface area contributed by atoms with E-state index in [0.717, 1.165) is 11.3 Å². The monoisotopic (exact) mass is 347 g/mol. The van der Waals surface area contributed by atoms with Crippen LogP contribution in [0.25, 0.3) is 0 Å². The number of aromatic nitrogens is 2. The first-order valence-electron chi connectivity index (χ1n) is 8.36. The van der Waals surface area contributed by atoms with Crippen molar-refractivity contribution >= 4 is 11.6 Å². The van der Waals surface area contributed by atoms with Gasteiger partial charge in [0.25, 0.3) is 0 Å². The van der Waals surface area contributed by atoms with Crippen LogP contribution in [0.3, 0.4) is 0 Å². The zero-order valence-corrected chi connectivity index (χ0v) is 14.0. The molecule has 0 radical (unpaired) electrons. The molecule has 1 atom stereocenters. The topological polar surface area (TPSA) is 73.3 Å². The quantitative estimate of drug-likeness (QED) is 0.778. The SMILES string of the molecule is O=C(Nc1ccc(Oc2cnccn2)cc1)C1CCOc2ccccc21. The Morgan fingerprint density at radius 1 is 1.12 bits per heavy atom. The molecule has 26 heavy (non-hydrogen) atoms. The predicted octanol–water partition coefficient (Wildman–Crippen LogP) is 3.77. The minimum atomic E-state index is -0.213. The minimum absolute atomic E-state index is 0.0386. The Hall–Kier alpha value is -3.41. The van der Waals surface area contributed by atoms with Crippen molar-refractivity contribution in [2.24, 2.45) is 0 Å². The summed E-state index contributed by atoms with van der Waals surface area (Å²) in [4.78, 5) is 20.7. The van der Waals surface area contributed by atoms with Crippen LogP contribution in [-0.4, -0.2) is 22.5 Å². The van der Waals surface area contributed by atoms with Crippen molar-refractivity contribution in [2.75, 3.05) is 11.9 Å². The number of hydrogen-bond donors (Lipinski definition) is 1. The zero-order valence-electron chi connectivity index (χ0n) is 14.0. The summed E-state index contributed by atoms with van der Waals surface area (Å²) in [6, 6.07) is 14.8. The van der Waals surface area contributed by atoms with Crippen molar-refractivity contribution in [2.45, 2.75) is 12.3 Å². The average Bonchev–Trinajstić information content (AvgIpc) is 2.70. The molecular weight excluding hydrogens is 330 g/mol. The first kappa shape index (κ1) is 16.1. The molecule has 0 saturated carbocycles. The number of carbonyl (C=O) groups is 1. The molecule has 6 heteroatoms. The van der Waals surface area contributed by atoms with Crippen LogP contribution >= 0.6 is 0 Å². The maximum absolute atomic E-state index is 12.7. The number of nitrogens with one attached hydrogen (secondary N) is 1. The van der Waals surface area contributed by atoms with Gasteiger partial charge >= 0.3 is 0 Å². The third kappa shape index (κ3) is 3.49. The number of hydrogen-bond acceptors (Lipinski definition) is 5. The second-order valence-electron chi connectivity index (χ2n) is 5.89. The van der Waals surface area contributed by atoms with E-state index in [-0.39, 0.29) is 11.8 Å². The lowest BCUT2D eigenvalue weighted by atomic mass is 9.92. The second kappa shape index (κ2) is 7.23. The van der Waals surface area contributed by atoms with Crippen molar-refractivity contribution in [3.05, 3.63) is 72.7 Å². The smallest absolute Gasteiger partial charge is 0.237 e. The summed E-state index contributed by atoms with van der Waals surface area (Å²) in [6.07, 6.45) is 5.35. The number of para-hydroxylation sites is 1. The highest BCUT2D eigenvalue weighted by atomic mass is 16.5. The third-order valence-electron chi connectivity index (χ3n) is 4.16. The van der Waals surface area contributed by atoms with Gasteiger partial charge in [0.1, 0.15) is 11.5 Å². The van der Waals surface area contributed by atoms with E-state index in [4.69, 9.17) is 9.47 Å². The molecule has 1 amide bonds. The number of ether oxygens (including phenoxy) is 2. The molecule has 0 aliphatic carbocycles. The van der Waals surface area contributed by atoms with Gasteiger partial charge in [-0.05, 0) is 36.8 Å². The van der Waals surface area contributed by atoms with Gasteiger partial charge in [-0.15, -0.1) is 0 Å². The lowest BCUT2D eigenvalue weighted by molar-refractivity contribution is -0.118. The van der Waals surface area contributed by atoms with Gasteiger partial charge in [-0.1, -0.05) is 18.2 Å². The summed E-state index contributed by atoms with van der Waals surface area (Å²) in [5.41, 5.74) is 1.64. The van der Waals surface area contributed by atoms with Crippen molar-refractivity contribution in [3.8, 4) is 17.4 Å². The maximum atomic E-state index is 12.7. The summed E-state index contributed by atoms with van der Waals surface area (Å²) >= 11 is 0. The number of rotatable bonds is 4. The number of amides is 1. The van der Waals surface area contributed by atoms with Crippen LogP contribution in [0.4, 0.5) is 5.69 Å². The summed E-state index contributed by atoms with van der Waals surface area (Å²) in [7, 11) is 0. The Kier molecular flexibility index (Phi) is 4.47. The maximum Gasteiger partial charge on any atom is 0.237 e. The molecule has 2 heterocycles. The normalized spacial score (nSPS) is 15.5. The van der Waals surface area contributed by atoms with E-state index in [1.165, 1.54) is 6.20 Å². The molecule has 130 valence electrons. The minimum Gasteiger partial charge on any atom is -0.493 e. The van der Waals surface area contributed by atoms with Gasteiger partial charge in [-0.3, -0.25) is 9.78 Å². The van der Waals surface area contributed by atoms with Crippen LogP contribution in [0, 0.1) is 0 Å². The van der Waals surface area contributed by atoms with Crippen LogP contribution in [0.1, 0.15) is 17.9 Å². The first-order valence-corrected chi connectivity index (χ1v) is 8.36. The molecule has 1 aliphatic heterocycles. The highest BCUT2D eigenvalue weighted by molar-refractivity contribution is 5.96. The highest BCUT2D eigenvalue weighted by Gasteiger charge is 2.27. The average molecular weight is 347 g/mol. The van der Waals surface area contributed by atoms with Crippen molar-refractivity contribution in [1.82, 2.24) is 9.97 Å². The summed E-state index contributed by atoms with van der Waals surface area (Å²) in [6.45, 7) is 0.542. The van der Waals surface area contributed by atoms with Gasteiger partial charge in [-0.2, -0.15) is 0 Å². The van der Waals surface area contributed by atoms with Gasteiger partial charge < -0.3 is 14.8 Å². The molecule has 1 aromatic heterocycles. The van der Waals surface area contributed by atoms with E-state index in [1.807, 2.05) is 24.3 Å². The molecule has 1 N–H and O–H groups in total. The lowest BCUT2D eigenvalue weighted by Crippen LogP contribution is -2.26. The van der Waals surface area contributed by atoms with Crippen LogP contribution in [0.15, 0.2) is 67.1 Å². The highest BCUT2D eigenvalue weighted by Crippen LogP contribution is 2.34. The molecule has 1 unspecified atom stereocenters. The van der Waals surface area contributed by atoms with E-state index in [2.05, 4.69) is 15.3 Å². The van der Waals surface area contributed by atoms with E-state index >= 15 is 0 Å². The zero-order chi connectivity index (χ0) is 17.8. The molecule has 1 aliphatic rings. The van der Waals surface area contributed by atoms with Gasteiger partial charge in [0, 0.05) is 23.6 Å². The molecule has 0 fully saturated rings. The molecule has 0 saturated heterocycles. The van der Waals surface area contributed by atoms with Crippen LogP contribution < -0.4 is 14.8 Å². The first-order chi connectivity index (χ1) is 12.8. The van der Waals surface area contributed by atoms with E-state index in [1.54, 1.807) is 36.7 Å². The molecule has 0 spiro atoms. The summed E-state index contributed by atoms with van der Waals surface area (Å²) in [5.74, 6) is 1.58. The van der Waals surface area contributed by atoms with Crippen molar-refractivity contribution in [1.29, 1.82) is 0 Å². The predicted molar refractivity (Wildman–Crippen MR) is 96.5 cm³/mol. The number of benzene rings is 2. The Labute approximate surface area is 150 Å². The summed E-state index contributed by atoms with van der Waals surface area (Å²) in [5, 5.41) is 2.97. The lowest BCUT2D eigenvalue weighted by Gasteiger charge is -2.25. The fourth-order valence-corrected chi connectivity index (χ4v) is 2.91. The number of carbonyl (C=O) groups excluding carboxylic acids is 1. The molecule has 2 aromatic carbocycles. The molecule has 0 bridgehead atoms. The Morgan fingerprint density at radius 2 is 1.96 bits per heavy atom. The van der Waals surface area contributed by atoms with E-state index in [0.29, 0.717) is 30.3 Å². The van der Waals surface area contributed by atoms with E-state index < -0.39 is 0 Å². The molecule has 4 rings (SSSR count). The van der Waals surface area contributed by atoms with Crippen LogP contribution in [-0.2, 0) is 4.79 Å². The summed E-state index contributed by atoms with van der Waals surface area (Å²) < 4.78 is 11.2. The molecule has 6 nitrogen and oxygen atoms in total.